The average Bonchev–Trinajstić information content (AvgIpc) is 2.83. The van der Waals surface area contributed by atoms with Crippen LogP contribution < -0.4 is 10.5 Å². The molecule has 0 aliphatic carbocycles. The van der Waals surface area contributed by atoms with Gasteiger partial charge in [0.25, 0.3) is 0 Å². The second-order valence-electron chi connectivity index (χ2n) is 4.97. The number of likely N-dealkylation sites (tertiary alicyclic amines) is 1. The Labute approximate surface area is 126 Å². The molecular formula is C15H22ClN3O. The van der Waals surface area contributed by atoms with E-state index in [-0.39, 0.29) is 12.4 Å². The number of hydrogen-bond donors (Lipinski definition) is 1. The molecule has 1 heterocycles. The summed E-state index contributed by atoms with van der Waals surface area (Å²) in [7, 11) is 0. The van der Waals surface area contributed by atoms with Crippen molar-refractivity contribution in [1.82, 2.24) is 4.90 Å². The molecule has 0 amide bonds. The molecule has 1 saturated heterocycles. The average molecular weight is 296 g/mol. The maximum atomic E-state index is 8.98. The number of hydrogen-bond acceptors (Lipinski definition) is 4. The van der Waals surface area contributed by atoms with Crippen LogP contribution in [0.1, 0.15) is 24.5 Å². The van der Waals surface area contributed by atoms with Crippen molar-refractivity contribution in [3.63, 3.8) is 0 Å². The van der Waals surface area contributed by atoms with Crippen molar-refractivity contribution in [1.29, 1.82) is 5.26 Å². The first kappa shape index (κ1) is 16.8. The van der Waals surface area contributed by atoms with E-state index in [1.54, 1.807) is 6.07 Å². The van der Waals surface area contributed by atoms with E-state index in [0.29, 0.717) is 18.2 Å². The Morgan fingerprint density at radius 1 is 1.50 bits per heavy atom. The largest absolute Gasteiger partial charge is 0.494 e. The van der Waals surface area contributed by atoms with Crippen molar-refractivity contribution in [3.05, 3.63) is 29.3 Å². The number of benzene rings is 1. The fourth-order valence-corrected chi connectivity index (χ4v) is 2.48. The van der Waals surface area contributed by atoms with Gasteiger partial charge in [0.1, 0.15) is 5.75 Å². The molecule has 110 valence electrons. The minimum atomic E-state index is 0. The van der Waals surface area contributed by atoms with E-state index in [4.69, 9.17) is 15.7 Å². The highest BCUT2D eigenvalue weighted by Crippen LogP contribution is 2.21. The van der Waals surface area contributed by atoms with Crippen LogP contribution in [0.3, 0.4) is 0 Å². The molecule has 0 unspecified atom stereocenters. The Hall–Kier alpha value is -1.28. The predicted molar refractivity (Wildman–Crippen MR) is 82.3 cm³/mol. The maximum absolute atomic E-state index is 8.98. The van der Waals surface area contributed by atoms with Gasteiger partial charge in [-0.05, 0) is 50.1 Å². The van der Waals surface area contributed by atoms with Gasteiger partial charge in [-0.3, -0.25) is 0 Å². The second-order valence-corrected chi connectivity index (χ2v) is 4.97. The highest BCUT2D eigenvalue weighted by atomic mass is 35.5. The summed E-state index contributed by atoms with van der Waals surface area (Å²) in [6.45, 7) is 5.64. The van der Waals surface area contributed by atoms with Crippen LogP contribution >= 0.6 is 12.4 Å². The Balaban J connectivity index is 0.00000200. The molecule has 0 saturated carbocycles. The van der Waals surface area contributed by atoms with Crippen molar-refractivity contribution < 1.29 is 4.74 Å². The molecule has 1 aliphatic rings. The molecule has 0 spiro atoms. The van der Waals surface area contributed by atoms with Crippen LogP contribution in [0, 0.1) is 11.3 Å². The summed E-state index contributed by atoms with van der Waals surface area (Å²) in [5.74, 6) is 0.894. The number of rotatable bonds is 5. The van der Waals surface area contributed by atoms with E-state index in [1.165, 1.54) is 0 Å². The summed E-state index contributed by atoms with van der Waals surface area (Å²) in [5.41, 5.74) is 7.71. The third-order valence-corrected chi connectivity index (χ3v) is 3.50. The van der Waals surface area contributed by atoms with Crippen molar-refractivity contribution in [2.75, 3.05) is 26.2 Å². The molecule has 1 aromatic carbocycles. The zero-order valence-electron chi connectivity index (χ0n) is 11.8. The monoisotopic (exact) mass is 295 g/mol. The highest BCUT2D eigenvalue weighted by Gasteiger charge is 2.18. The van der Waals surface area contributed by atoms with Gasteiger partial charge < -0.3 is 15.4 Å². The molecule has 2 N–H and O–H groups in total. The number of ether oxygens (including phenoxy) is 1. The fourth-order valence-electron chi connectivity index (χ4n) is 2.48. The van der Waals surface area contributed by atoms with Gasteiger partial charge in [0.2, 0.25) is 0 Å². The molecule has 0 aromatic heterocycles. The lowest BCUT2D eigenvalue weighted by Gasteiger charge is -2.16. The van der Waals surface area contributed by atoms with Crippen LogP contribution in [-0.2, 0) is 6.42 Å². The lowest BCUT2D eigenvalue weighted by molar-refractivity contribution is 0.322. The molecule has 20 heavy (non-hydrogen) atoms. The number of halogens is 1. The molecule has 1 aromatic rings. The molecule has 1 aliphatic heterocycles. The summed E-state index contributed by atoms with van der Waals surface area (Å²) in [6.07, 6.45) is 1.98. The van der Waals surface area contributed by atoms with Gasteiger partial charge in [0.15, 0.2) is 0 Å². The van der Waals surface area contributed by atoms with Crippen LogP contribution in [-0.4, -0.2) is 37.2 Å². The third kappa shape index (κ3) is 4.38. The van der Waals surface area contributed by atoms with E-state index in [2.05, 4.69) is 11.0 Å². The highest BCUT2D eigenvalue weighted by molar-refractivity contribution is 5.85. The van der Waals surface area contributed by atoms with Gasteiger partial charge in [-0.25, -0.2) is 0 Å². The molecular weight excluding hydrogens is 274 g/mol. The summed E-state index contributed by atoms with van der Waals surface area (Å²) < 4.78 is 5.62. The van der Waals surface area contributed by atoms with Crippen LogP contribution in [0.4, 0.5) is 0 Å². The van der Waals surface area contributed by atoms with E-state index in [9.17, 15) is 0 Å². The van der Waals surface area contributed by atoms with Crippen molar-refractivity contribution in [3.8, 4) is 11.8 Å². The van der Waals surface area contributed by atoms with E-state index in [1.807, 2.05) is 19.1 Å². The summed E-state index contributed by atoms with van der Waals surface area (Å²) in [5, 5.41) is 8.98. The Kier molecular flexibility index (Phi) is 6.80. The number of nitrogens with zero attached hydrogens (tertiary/aromatic N) is 2. The molecule has 0 bridgehead atoms. The van der Waals surface area contributed by atoms with E-state index in [0.717, 1.165) is 43.8 Å². The predicted octanol–water partition coefficient (Wildman–Crippen LogP) is 1.95. The van der Waals surface area contributed by atoms with Gasteiger partial charge in [0, 0.05) is 19.1 Å². The van der Waals surface area contributed by atoms with Crippen LogP contribution in [0.25, 0.3) is 0 Å². The first-order valence-electron chi connectivity index (χ1n) is 6.86. The standard InChI is InChI=1S/C15H21N3O.ClH/c1-2-19-15-4-3-12(10-16)9-13(15)5-7-18-8-6-14(17)11-18;/h3-4,9,14H,2,5-8,11,17H2,1H3;1H/t14-;/m0./s1. The first-order valence-corrected chi connectivity index (χ1v) is 6.86. The maximum Gasteiger partial charge on any atom is 0.122 e. The topological polar surface area (TPSA) is 62.3 Å². The fraction of sp³-hybridized carbons (Fsp3) is 0.533. The van der Waals surface area contributed by atoms with Crippen molar-refractivity contribution in [2.24, 2.45) is 5.73 Å². The molecule has 2 rings (SSSR count). The molecule has 1 atom stereocenters. The molecule has 0 radical (unpaired) electrons. The summed E-state index contributed by atoms with van der Waals surface area (Å²) >= 11 is 0. The summed E-state index contributed by atoms with van der Waals surface area (Å²) in [4.78, 5) is 2.37. The first-order chi connectivity index (χ1) is 9.22. The SMILES string of the molecule is CCOc1ccc(C#N)cc1CCN1CC[C@H](N)C1.Cl. The third-order valence-electron chi connectivity index (χ3n) is 3.50. The van der Waals surface area contributed by atoms with Crippen molar-refractivity contribution in [2.45, 2.75) is 25.8 Å². The van der Waals surface area contributed by atoms with Crippen LogP contribution in [0.2, 0.25) is 0 Å². The lowest BCUT2D eigenvalue weighted by Crippen LogP contribution is -2.28. The van der Waals surface area contributed by atoms with Gasteiger partial charge in [-0.2, -0.15) is 5.26 Å². The van der Waals surface area contributed by atoms with Crippen LogP contribution in [0.5, 0.6) is 5.75 Å². The number of nitriles is 1. The second kappa shape index (κ2) is 8.11. The van der Waals surface area contributed by atoms with Gasteiger partial charge >= 0.3 is 0 Å². The molecule has 5 heteroatoms. The van der Waals surface area contributed by atoms with E-state index < -0.39 is 0 Å². The van der Waals surface area contributed by atoms with Crippen molar-refractivity contribution >= 4 is 12.4 Å². The zero-order valence-corrected chi connectivity index (χ0v) is 12.7. The zero-order chi connectivity index (χ0) is 13.7. The Morgan fingerprint density at radius 3 is 2.90 bits per heavy atom. The normalized spacial score (nSPS) is 18.4. The van der Waals surface area contributed by atoms with Crippen LogP contribution in [0.15, 0.2) is 18.2 Å². The van der Waals surface area contributed by atoms with Gasteiger partial charge in [0.05, 0.1) is 18.2 Å². The Bertz CT molecular complexity index is 473. The smallest absolute Gasteiger partial charge is 0.122 e. The lowest BCUT2D eigenvalue weighted by atomic mass is 10.1. The minimum Gasteiger partial charge on any atom is -0.494 e. The molecule has 1 fully saturated rings. The van der Waals surface area contributed by atoms with Gasteiger partial charge in [-0.1, -0.05) is 0 Å². The Morgan fingerprint density at radius 2 is 2.30 bits per heavy atom. The van der Waals surface area contributed by atoms with E-state index >= 15 is 0 Å². The number of nitrogens with two attached hydrogens (primary N) is 1. The quantitative estimate of drug-likeness (QED) is 0.902. The molecule has 4 nitrogen and oxygen atoms in total. The summed E-state index contributed by atoms with van der Waals surface area (Å²) in [6, 6.07) is 8.13. The minimum absolute atomic E-state index is 0. The van der Waals surface area contributed by atoms with Gasteiger partial charge in [-0.15, -0.1) is 12.4 Å².